The van der Waals surface area contributed by atoms with Crippen LogP contribution in [0, 0.1) is 5.92 Å². The molecule has 0 aromatic rings. The molecule has 1 rings (SSSR count). The molecule has 1 unspecified atom stereocenters. The van der Waals surface area contributed by atoms with Crippen molar-refractivity contribution in [3.8, 4) is 0 Å². The molecule has 1 aliphatic rings. The number of alkyl carbamates (subject to hydrolysis) is 1. The van der Waals surface area contributed by atoms with Gasteiger partial charge in [0.05, 0.1) is 13.2 Å². The first kappa shape index (κ1) is 12.3. The Bertz CT molecular complexity index is 182. The summed E-state index contributed by atoms with van der Waals surface area (Å²) >= 11 is 0. The Labute approximate surface area is 90.5 Å². The SMILES string of the molecule is CCOC(=O)NCCNCC1CCOC1. The summed E-state index contributed by atoms with van der Waals surface area (Å²) in [6, 6.07) is 0. The van der Waals surface area contributed by atoms with E-state index < -0.39 is 0 Å². The van der Waals surface area contributed by atoms with Gasteiger partial charge in [0.2, 0.25) is 0 Å². The average molecular weight is 216 g/mol. The fraction of sp³-hybridized carbons (Fsp3) is 0.900. The maximum absolute atomic E-state index is 10.9. The molecule has 1 saturated heterocycles. The van der Waals surface area contributed by atoms with Crippen molar-refractivity contribution in [2.24, 2.45) is 5.92 Å². The topological polar surface area (TPSA) is 59.6 Å². The third-order valence-electron chi connectivity index (χ3n) is 2.30. The van der Waals surface area contributed by atoms with Crippen LogP contribution >= 0.6 is 0 Å². The number of carbonyl (C=O) groups excluding carboxylic acids is 1. The van der Waals surface area contributed by atoms with Crippen LogP contribution in [0.4, 0.5) is 4.79 Å². The molecule has 88 valence electrons. The number of hydrogen-bond acceptors (Lipinski definition) is 4. The quantitative estimate of drug-likeness (QED) is 0.629. The fourth-order valence-corrected chi connectivity index (χ4v) is 1.49. The molecule has 5 nitrogen and oxygen atoms in total. The highest BCUT2D eigenvalue weighted by Crippen LogP contribution is 2.10. The Morgan fingerprint density at radius 1 is 1.53 bits per heavy atom. The van der Waals surface area contributed by atoms with E-state index in [-0.39, 0.29) is 6.09 Å². The van der Waals surface area contributed by atoms with Gasteiger partial charge >= 0.3 is 6.09 Å². The van der Waals surface area contributed by atoms with Crippen LogP contribution in [-0.2, 0) is 9.47 Å². The Morgan fingerprint density at radius 2 is 2.40 bits per heavy atom. The Morgan fingerprint density at radius 3 is 3.07 bits per heavy atom. The third-order valence-corrected chi connectivity index (χ3v) is 2.30. The maximum Gasteiger partial charge on any atom is 0.407 e. The molecule has 0 spiro atoms. The van der Waals surface area contributed by atoms with Gasteiger partial charge in [-0.2, -0.15) is 0 Å². The molecule has 1 atom stereocenters. The summed E-state index contributed by atoms with van der Waals surface area (Å²) in [6.45, 7) is 6.29. The van der Waals surface area contributed by atoms with Crippen molar-refractivity contribution >= 4 is 6.09 Å². The molecule has 0 saturated carbocycles. The van der Waals surface area contributed by atoms with Gasteiger partial charge in [0, 0.05) is 26.2 Å². The number of ether oxygens (including phenoxy) is 2. The third kappa shape index (κ3) is 5.59. The Balaban J connectivity index is 1.86. The number of hydrogen-bond donors (Lipinski definition) is 2. The zero-order chi connectivity index (χ0) is 10.9. The van der Waals surface area contributed by atoms with Crippen LogP contribution in [0.25, 0.3) is 0 Å². The predicted octanol–water partition coefficient (Wildman–Crippen LogP) is 0.359. The normalized spacial score (nSPS) is 20.2. The van der Waals surface area contributed by atoms with Crippen molar-refractivity contribution in [1.82, 2.24) is 10.6 Å². The fourth-order valence-electron chi connectivity index (χ4n) is 1.49. The molecule has 0 aromatic carbocycles. The molecule has 1 amide bonds. The van der Waals surface area contributed by atoms with Gasteiger partial charge < -0.3 is 20.1 Å². The molecule has 2 N–H and O–H groups in total. The van der Waals surface area contributed by atoms with E-state index in [1.54, 1.807) is 6.92 Å². The van der Waals surface area contributed by atoms with Crippen LogP contribution in [0.3, 0.4) is 0 Å². The van der Waals surface area contributed by atoms with Gasteiger partial charge in [-0.05, 0) is 19.3 Å². The molecular formula is C10H20N2O3. The molecule has 0 bridgehead atoms. The minimum Gasteiger partial charge on any atom is -0.450 e. The highest BCUT2D eigenvalue weighted by atomic mass is 16.5. The number of carbonyl (C=O) groups is 1. The van der Waals surface area contributed by atoms with Crippen molar-refractivity contribution in [1.29, 1.82) is 0 Å². The largest absolute Gasteiger partial charge is 0.450 e. The molecule has 1 aliphatic heterocycles. The number of rotatable bonds is 6. The van der Waals surface area contributed by atoms with Crippen molar-refractivity contribution in [3.63, 3.8) is 0 Å². The highest BCUT2D eigenvalue weighted by Gasteiger charge is 2.14. The highest BCUT2D eigenvalue weighted by molar-refractivity contribution is 5.66. The first-order chi connectivity index (χ1) is 7.33. The van der Waals surface area contributed by atoms with Gasteiger partial charge in [0.25, 0.3) is 0 Å². The summed E-state index contributed by atoms with van der Waals surface area (Å²) < 4.78 is 9.98. The van der Waals surface area contributed by atoms with Gasteiger partial charge in [0.1, 0.15) is 0 Å². The Kier molecular flexibility index (Phi) is 6.11. The van der Waals surface area contributed by atoms with E-state index in [1.807, 2.05) is 0 Å². The van der Waals surface area contributed by atoms with Crippen LogP contribution in [0.2, 0.25) is 0 Å². The second kappa shape index (κ2) is 7.48. The summed E-state index contributed by atoms with van der Waals surface area (Å²) in [4.78, 5) is 10.9. The summed E-state index contributed by atoms with van der Waals surface area (Å²) in [7, 11) is 0. The maximum atomic E-state index is 10.9. The van der Waals surface area contributed by atoms with E-state index in [1.165, 1.54) is 0 Å². The lowest BCUT2D eigenvalue weighted by Crippen LogP contribution is -2.34. The van der Waals surface area contributed by atoms with Crippen molar-refractivity contribution < 1.29 is 14.3 Å². The van der Waals surface area contributed by atoms with Crippen LogP contribution in [0.1, 0.15) is 13.3 Å². The molecular weight excluding hydrogens is 196 g/mol. The molecule has 1 fully saturated rings. The zero-order valence-electron chi connectivity index (χ0n) is 9.25. The van der Waals surface area contributed by atoms with E-state index in [9.17, 15) is 4.79 Å². The van der Waals surface area contributed by atoms with Gasteiger partial charge in [-0.15, -0.1) is 0 Å². The van der Waals surface area contributed by atoms with E-state index in [4.69, 9.17) is 9.47 Å². The molecule has 0 radical (unpaired) electrons. The van der Waals surface area contributed by atoms with Gasteiger partial charge in [-0.3, -0.25) is 0 Å². The Hall–Kier alpha value is -0.810. The monoisotopic (exact) mass is 216 g/mol. The van der Waals surface area contributed by atoms with Gasteiger partial charge in [0.15, 0.2) is 0 Å². The second-order valence-electron chi connectivity index (χ2n) is 3.58. The number of amides is 1. The molecule has 0 aliphatic carbocycles. The number of nitrogens with one attached hydrogen (secondary N) is 2. The van der Waals surface area contributed by atoms with Crippen LogP contribution in [-0.4, -0.2) is 45.5 Å². The zero-order valence-corrected chi connectivity index (χ0v) is 9.25. The minimum atomic E-state index is -0.344. The summed E-state index contributed by atoms with van der Waals surface area (Å²) in [5.41, 5.74) is 0. The van der Waals surface area contributed by atoms with Crippen LogP contribution in [0.5, 0.6) is 0 Å². The molecule has 5 heteroatoms. The summed E-state index contributed by atoms with van der Waals surface area (Å²) in [5.74, 6) is 0.632. The van der Waals surface area contributed by atoms with E-state index in [2.05, 4.69) is 10.6 Å². The van der Waals surface area contributed by atoms with E-state index in [0.717, 1.165) is 32.7 Å². The lowest BCUT2D eigenvalue weighted by molar-refractivity contribution is 0.152. The van der Waals surface area contributed by atoms with Crippen molar-refractivity contribution in [2.75, 3.05) is 39.5 Å². The van der Waals surface area contributed by atoms with Gasteiger partial charge in [-0.1, -0.05) is 0 Å². The van der Waals surface area contributed by atoms with Gasteiger partial charge in [-0.25, -0.2) is 4.79 Å². The predicted molar refractivity (Wildman–Crippen MR) is 56.8 cm³/mol. The van der Waals surface area contributed by atoms with Crippen molar-refractivity contribution in [2.45, 2.75) is 13.3 Å². The summed E-state index contributed by atoms with van der Waals surface area (Å²) in [6.07, 6.45) is 0.793. The molecule has 15 heavy (non-hydrogen) atoms. The smallest absolute Gasteiger partial charge is 0.407 e. The average Bonchev–Trinajstić information content (AvgIpc) is 2.70. The van der Waals surface area contributed by atoms with Crippen LogP contribution < -0.4 is 10.6 Å². The first-order valence-corrected chi connectivity index (χ1v) is 5.52. The second-order valence-corrected chi connectivity index (χ2v) is 3.58. The lowest BCUT2D eigenvalue weighted by atomic mass is 10.1. The molecule has 1 heterocycles. The first-order valence-electron chi connectivity index (χ1n) is 5.52. The lowest BCUT2D eigenvalue weighted by Gasteiger charge is -2.09. The minimum absolute atomic E-state index is 0.344. The molecule has 0 aromatic heterocycles. The van der Waals surface area contributed by atoms with Crippen molar-refractivity contribution in [3.05, 3.63) is 0 Å². The van der Waals surface area contributed by atoms with E-state index in [0.29, 0.717) is 19.1 Å². The summed E-state index contributed by atoms with van der Waals surface area (Å²) in [5, 5.41) is 5.93. The standard InChI is InChI=1S/C10H20N2O3/c1-2-15-10(13)12-5-4-11-7-9-3-6-14-8-9/h9,11H,2-8H2,1H3,(H,12,13). The van der Waals surface area contributed by atoms with Crippen LogP contribution in [0.15, 0.2) is 0 Å². The van der Waals surface area contributed by atoms with E-state index >= 15 is 0 Å².